The SMILES string of the molecule is COc1ccccc1Nc1ncccc1C(=O)N1CCN(c2ccccn2)CC1. The molecule has 29 heavy (non-hydrogen) atoms. The molecule has 1 amide bonds. The Morgan fingerprint density at radius 1 is 0.931 bits per heavy atom. The quantitative estimate of drug-likeness (QED) is 0.723. The molecule has 3 heterocycles. The molecule has 0 bridgehead atoms. The van der Waals surface area contributed by atoms with Gasteiger partial charge in [-0.2, -0.15) is 0 Å². The molecule has 7 nitrogen and oxygen atoms in total. The number of methoxy groups -OCH3 is 1. The lowest BCUT2D eigenvalue weighted by atomic mass is 10.2. The molecule has 1 aliphatic heterocycles. The number of carbonyl (C=O) groups excluding carboxylic acids is 1. The number of hydrogen-bond donors (Lipinski definition) is 1. The van der Waals surface area contributed by atoms with E-state index in [-0.39, 0.29) is 5.91 Å². The summed E-state index contributed by atoms with van der Waals surface area (Å²) in [5.41, 5.74) is 1.31. The van der Waals surface area contributed by atoms with Crippen LogP contribution in [0.5, 0.6) is 5.75 Å². The number of hydrogen-bond acceptors (Lipinski definition) is 6. The van der Waals surface area contributed by atoms with Crippen molar-refractivity contribution >= 4 is 23.2 Å². The first-order valence-electron chi connectivity index (χ1n) is 9.56. The Kier molecular flexibility index (Phi) is 5.56. The van der Waals surface area contributed by atoms with Crippen LogP contribution < -0.4 is 15.0 Å². The van der Waals surface area contributed by atoms with Gasteiger partial charge in [0.05, 0.1) is 18.4 Å². The number of nitrogens with zero attached hydrogens (tertiary/aromatic N) is 4. The third-order valence-corrected chi connectivity index (χ3v) is 4.94. The van der Waals surface area contributed by atoms with E-state index in [0.29, 0.717) is 30.2 Å². The summed E-state index contributed by atoms with van der Waals surface area (Å²) >= 11 is 0. The number of aromatic nitrogens is 2. The van der Waals surface area contributed by atoms with E-state index in [9.17, 15) is 4.79 Å². The van der Waals surface area contributed by atoms with Crippen molar-refractivity contribution in [2.75, 3.05) is 43.5 Å². The van der Waals surface area contributed by atoms with E-state index in [0.717, 1.165) is 24.6 Å². The van der Waals surface area contributed by atoms with Gasteiger partial charge in [0.1, 0.15) is 17.4 Å². The molecule has 2 aromatic heterocycles. The second kappa shape index (κ2) is 8.60. The van der Waals surface area contributed by atoms with Crippen molar-refractivity contribution in [2.45, 2.75) is 0 Å². The highest BCUT2D eigenvalue weighted by atomic mass is 16.5. The lowest BCUT2D eigenvalue weighted by Crippen LogP contribution is -2.49. The number of ether oxygens (including phenoxy) is 1. The highest BCUT2D eigenvalue weighted by molar-refractivity contribution is 5.99. The van der Waals surface area contributed by atoms with Crippen molar-refractivity contribution in [3.8, 4) is 5.75 Å². The standard InChI is InChI=1S/C22H23N5O2/c1-29-19-9-3-2-8-18(19)25-21-17(7-6-12-24-21)22(28)27-15-13-26(14-16-27)20-10-4-5-11-23-20/h2-12H,13-16H2,1H3,(H,24,25). The molecule has 0 unspecified atom stereocenters. The number of nitrogens with one attached hydrogen (secondary N) is 1. The normalized spacial score (nSPS) is 13.8. The van der Waals surface area contributed by atoms with Crippen molar-refractivity contribution in [1.82, 2.24) is 14.9 Å². The van der Waals surface area contributed by atoms with Crippen LogP contribution in [0.2, 0.25) is 0 Å². The Morgan fingerprint density at radius 2 is 1.69 bits per heavy atom. The Labute approximate surface area is 170 Å². The molecule has 0 radical (unpaired) electrons. The van der Waals surface area contributed by atoms with Gasteiger partial charge < -0.3 is 19.9 Å². The first-order valence-corrected chi connectivity index (χ1v) is 9.56. The fourth-order valence-corrected chi connectivity index (χ4v) is 3.40. The molecule has 1 fully saturated rings. The number of carbonyl (C=O) groups is 1. The van der Waals surface area contributed by atoms with E-state index < -0.39 is 0 Å². The van der Waals surface area contributed by atoms with Crippen LogP contribution in [0, 0.1) is 0 Å². The molecule has 0 atom stereocenters. The first-order chi connectivity index (χ1) is 14.3. The van der Waals surface area contributed by atoms with Gasteiger partial charge in [0.15, 0.2) is 0 Å². The predicted octanol–water partition coefficient (Wildman–Crippen LogP) is 3.19. The fraction of sp³-hybridized carbons (Fsp3) is 0.227. The zero-order valence-corrected chi connectivity index (χ0v) is 16.3. The topological polar surface area (TPSA) is 70.6 Å². The van der Waals surface area contributed by atoms with Crippen LogP contribution in [0.1, 0.15) is 10.4 Å². The number of para-hydroxylation sites is 2. The molecule has 1 N–H and O–H groups in total. The lowest BCUT2D eigenvalue weighted by molar-refractivity contribution is 0.0747. The Morgan fingerprint density at radius 3 is 2.45 bits per heavy atom. The third-order valence-electron chi connectivity index (χ3n) is 4.94. The summed E-state index contributed by atoms with van der Waals surface area (Å²) in [4.78, 5) is 26.0. The molecule has 1 saturated heterocycles. The van der Waals surface area contributed by atoms with Crippen molar-refractivity contribution in [3.05, 3.63) is 72.6 Å². The minimum atomic E-state index is -0.0313. The number of benzene rings is 1. The summed E-state index contributed by atoms with van der Waals surface area (Å²) < 4.78 is 5.39. The number of pyridine rings is 2. The van der Waals surface area contributed by atoms with Gasteiger partial charge in [0.2, 0.25) is 0 Å². The van der Waals surface area contributed by atoms with Gasteiger partial charge in [-0.3, -0.25) is 4.79 Å². The second-order valence-corrected chi connectivity index (χ2v) is 6.69. The summed E-state index contributed by atoms with van der Waals surface area (Å²) in [7, 11) is 1.62. The predicted molar refractivity (Wildman–Crippen MR) is 113 cm³/mol. The number of amides is 1. The summed E-state index contributed by atoms with van der Waals surface area (Å²) in [6, 6.07) is 17.0. The van der Waals surface area contributed by atoms with Gasteiger partial charge in [-0.05, 0) is 36.4 Å². The maximum absolute atomic E-state index is 13.2. The smallest absolute Gasteiger partial charge is 0.257 e. The van der Waals surface area contributed by atoms with Gasteiger partial charge in [0.25, 0.3) is 5.91 Å². The average Bonchev–Trinajstić information content (AvgIpc) is 2.80. The Hall–Kier alpha value is -3.61. The van der Waals surface area contributed by atoms with Gasteiger partial charge in [-0.25, -0.2) is 9.97 Å². The number of anilines is 3. The molecule has 4 rings (SSSR count). The molecular weight excluding hydrogens is 366 g/mol. The van der Waals surface area contributed by atoms with E-state index in [2.05, 4.69) is 20.2 Å². The van der Waals surface area contributed by atoms with Gasteiger partial charge in [-0.1, -0.05) is 18.2 Å². The highest BCUT2D eigenvalue weighted by Gasteiger charge is 2.25. The van der Waals surface area contributed by atoms with Gasteiger partial charge in [-0.15, -0.1) is 0 Å². The summed E-state index contributed by atoms with van der Waals surface area (Å²) in [5.74, 6) is 2.13. The summed E-state index contributed by atoms with van der Waals surface area (Å²) in [6.07, 6.45) is 3.46. The zero-order chi connectivity index (χ0) is 20.1. The van der Waals surface area contributed by atoms with Crippen LogP contribution in [0.15, 0.2) is 67.0 Å². The van der Waals surface area contributed by atoms with E-state index in [1.165, 1.54) is 0 Å². The van der Waals surface area contributed by atoms with Gasteiger partial charge in [0, 0.05) is 38.6 Å². The van der Waals surface area contributed by atoms with Crippen LogP contribution in [0.4, 0.5) is 17.3 Å². The van der Waals surface area contributed by atoms with Crippen LogP contribution in [-0.2, 0) is 0 Å². The maximum Gasteiger partial charge on any atom is 0.257 e. The monoisotopic (exact) mass is 389 g/mol. The minimum absolute atomic E-state index is 0.0313. The van der Waals surface area contributed by atoms with Crippen LogP contribution in [0.3, 0.4) is 0 Å². The molecule has 0 aliphatic carbocycles. The Bertz CT molecular complexity index is 972. The third kappa shape index (κ3) is 4.13. The summed E-state index contributed by atoms with van der Waals surface area (Å²) in [5, 5.41) is 3.24. The molecule has 0 saturated carbocycles. The zero-order valence-electron chi connectivity index (χ0n) is 16.3. The van der Waals surface area contributed by atoms with Crippen LogP contribution in [0.25, 0.3) is 0 Å². The van der Waals surface area contributed by atoms with Crippen LogP contribution in [-0.4, -0.2) is 54.1 Å². The molecule has 7 heteroatoms. The van der Waals surface area contributed by atoms with Crippen molar-refractivity contribution in [3.63, 3.8) is 0 Å². The molecule has 1 aromatic carbocycles. The average molecular weight is 389 g/mol. The summed E-state index contributed by atoms with van der Waals surface area (Å²) in [6.45, 7) is 2.77. The van der Waals surface area contributed by atoms with E-state index in [4.69, 9.17) is 4.74 Å². The Balaban J connectivity index is 1.49. The van der Waals surface area contributed by atoms with Crippen molar-refractivity contribution in [2.24, 2.45) is 0 Å². The second-order valence-electron chi connectivity index (χ2n) is 6.69. The number of rotatable bonds is 5. The minimum Gasteiger partial charge on any atom is -0.495 e. The largest absolute Gasteiger partial charge is 0.495 e. The van der Waals surface area contributed by atoms with Crippen molar-refractivity contribution in [1.29, 1.82) is 0 Å². The van der Waals surface area contributed by atoms with Gasteiger partial charge >= 0.3 is 0 Å². The molecular formula is C22H23N5O2. The highest BCUT2D eigenvalue weighted by Crippen LogP contribution is 2.28. The molecule has 148 valence electrons. The fourth-order valence-electron chi connectivity index (χ4n) is 3.40. The lowest BCUT2D eigenvalue weighted by Gasteiger charge is -2.35. The van der Waals surface area contributed by atoms with Crippen LogP contribution >= 0.6 is 0 Å². The van der Waals surface area contributed by atoms with E-state index in [1.807, 2.05) is 47.4 Å². The van der Waals surface area contributed by atoms with E-state index in [1.54, 1.807) is 31.6 Å². The number of piperazine rings is 1. The first kappa shape index (κ1) is 18.7. The molecule has 1 aliphatic rings. The van der Waals surface area contributed by atoms with Crippen molar-refractivity contribution < 1.29 is 9.53 Å². The molecule has 3 aromatic rings. The van der Waals surface area contributed by atoms with E-state index >= 15 is 0 Å². The maximum atomic E-state index is 13.2. The molecule has 0 spiro atoms.